The van der Waals surface area contributed by atoms with Gasteiger partial charge in [0.1, 0.15) is 5.75 Å². The van der Waals surface area contributed by atoms with Crippen LogP contribution in [0.4, 0.5) is 5.69 Å². The molecule has 0 N–H and O–H groups in total. The number of anilines is 1. The van der Waals surface area contributed by atoms with Crippen molar-refractivity contribution < 1.29 is 9.53 Å². The van der Waals surface area contributed by atoms with E-state index in [9.17, 15) is 4.79 Å². The Bertz CT molecular complexity index is 767. The zero-order valence-corrected chi connectivity index (χ0v) is 14.8. The van der Waals surface area contributed by atoms with Gasteiger partial charge in [0, 0.05) is 19.8 Å². The molecule has 2 aromatic rings. The van der Waals surface area contributed by atoms with Gasteiger partial charge in [-0.3, -0.25) is 4.79 Å². The Morgan fingerprint density at radius 1 is 0.840 bits per heavy atom. The van der Waals surface area contributed by atoms with Crippen LogP contribution in [-0.4, -0.2) is 27.0 Å². The summed E-state index contributed by atoms with van der Waals surface area (Å²) in [4.78, 5) is 13.9. The van der Waals surface area contributed by atoms with Gasteiger partial charge in [0.25, 0.3) is 0 Å². The van der Waals surface area contributed by atoms with Crippen LogP contribution >= 0.6 is 0 Å². The second-order valence-corrected chi connectivity index (χ2v) is 5.71. The molecule has 25 heavy (non-hydrogen) atoms. The van der Waals surface area contributed by atoms with E-state index in [0.29, 0.717) is 0 Å². The molecule has 0 amide bonds. The van der Waals surface area contributed by atoms with Gasteiger partial charge in [-0.1, -0.05) is 48.6 Å². The average molecular weight is 333 g/mol. The molecule has 3 heteroatoms. The minimum atomic E-state index is -0.0453. The summed E-state index contributed by atoms with van der Waals surface area (Å²) in [6.07, 6.45) is 10.5. The minimum Gasteiger partial charge on any atom is -0.497 e. The van der Waals surface area contributed by atoms with E-state index in [-0.39, 0.29) is 5.78 Å². The molecule has 0 atom stereocenters. The fraction of sp³-hybridized carbons (Fsp3) is 0.136. The highest BCUT2D eigenvalue weighted by Crippen LogP contribution is 2.13. The lowest BCUT2D eigenvalue weighted by atomic mass is 10.1. The first-order valence-corrected chi connectivity index (χ1v) is 8.07. The highest BCUT2D eigenvalue weighted by Gasteiger charge is 1.94. The zero-order chi connectivity index (χ0) is 18.1. The lowest BCUT2D eigenvalue weighted by Crippen LogP contribution is -2.07. The summed E-state index contributed by atoms with van der Waals surface area (Å²) >= 11 is 0. The average Bonchev–Trinajstić information content (AvgIpc) is 2.64. The molecule has 0 bridgehead atoms. The van der Waals surface area contributed by atoms with Crippen molar-refractivity contribution in [2.45, 2.75) is 0 Å². The predicted octanol–water partition coefficient (Wildman–Crippen LogP) is 4.61. The molecule has 3 nitrogen and oxygen atoms in total. The SMILES string of the molecule is COc1ccc(/C=C/C=C/C(=O)/C=C/c2ccc(N(C)C)cc2)cc1. The minimum absolute atomic E-state index is 0.0453. The number of rotatable bonds is 7. The van der Waals surface area contributed by atoms with Crippen molar-refractivity contribution in [3.63, 3.8) is 0 Å². The van der Waals surface area contributed by atoms with Gasteiger partial charge in [-0.05, 0) is 47.5 Å². The van der Waals surface area contributed by atoms with Gasteiger partial charge >= 0.3 is 0 Å². The van der Waals surface area contributed by atoms with Gasteiger partial charge < -0.3 is 9.64 Å². The van der Waals surface area contributed by atoms with Gasteiger partial charge in [-0.25, -0.2) is 0 Å². The zero-order valence-electron chi connectivity index (χ0n) is 14.8. The third-order valence-corrected chi connectivity index (χ3v) is 3.63. The van der Waals surface area contributed by atoms with Crippen LogP contribution in [0.2, 0.25) is 0 Å². The van der Waals surface area contributed by atoms with E-state index in [2.05, 4.69) is 0 Å². The Hall–Kier alpha value is -3.07. The van der Waals surface area contributed by atoms with E-state index in [1.165, 1.54) is 0 Å². The molecule has 0 spiro atoms. The van der Waals surface area contributed by atoms with Crippen molar-refractivity contribution in [3.8, 4) is 5.75 Å². The van der Waals surface area contributed by atoms with Crippen molar-refractivity contribution in [1.29, 1.82) is 0 Å². The standard InChI is InChI=1S/C22H23NO2/c1-23(2)20-13-8-19(9-14-20)10-15-21(24)7-5-4-6-18-11-16-22(25-3)17-12-18/h4-17H,1-3H3/b6-4+,7-5+,15-10+. The van der Waals surface area contributed by atoms with Crippen LogP contribution in [0.25, 0.3) is 12.2 Å². The number of ketones is 1. The topological polar surface area (TPSA) is 29.5 Å². The first-order chi connectivity index (χ1) is 12.1. The highest BCUT2D eigenvalue weighted by atomic mass is 16.5. The van der Waals surface area contributed by atoms with Crippen LogP contribution < -0.4 is 9.64 Å². The monoisotopic (exact) mass is 333 g/mol. The molecule has 0 aromatic heterocycles. The third kappa shape index (κ3) is 6.15. The number of carbonyl (C=O) groups excluding carboxylic acids is 1. The molecule has 0 heterocycles. The molecular weight excluding hydrogens is 310 g/mol. The largest absolute Gasteiger partial charge is 0.497 e. The van der Waals surface area contributed by atoms with Crippen LogP contribution in [0.1, 0.15) is 11.1 Å². The van der Waals surface area contributed by atoms with Crippen molar-refractivity contribution in [2.75, 3.05) is 26.1 Å². The number of ether oxygens (including phenoxy) is 1. The molecule has 0 unspecified atom stereocenters. The van der Waals surface area contributed by atoms with E-state index in [1.807, 2.05) is 85.8 Å². The quantitative estimate of drug-likeness (QED) is 0.547. The Kier molecular flexibility index (Phi) is 6.78. The summed E-state index contributed by atoms with van der Waals surface area (Å²) in [6, 6.07) is 15.8. The van der Waals surface area contributed by atoms with Crippen molar-refractivity contribution in [3.05, 3.63) is 84.0 Å². The molecule has 0 radical (unpaired) electrons. The fourth-order valence-corrected chi connectivity index (χ4v) is 2.15. The first kappa shape index (κ1) is 18.3. The number of methoxy groups -OCH3 is 1. The van der Waals surface area contributed by atoms with Crippen molar-refractivity contribution in [1.82, 2.24) is 0 Å². The Balaban J connectivity index is 1.87. The summed E-state index contributed by atoms with van der Waals surface area (Å²) in [5.41, 5.74) is 3.18. The molecule has 2 aromatic carbocycles. The second kappa shape index (κ2) is 9.28. The van der Waals surface area contributed by atoms with Crippen LogP contribution in [0.5, 0.6) is 5.75 Å². The number of nitrogens with zero attached hydrogens (tertiary/aromatic N) is 1. The van der Waals surface area contributed by atoms with Crippen LogP contribution in [0, 0.1) is 0 Å². The van der Waals surface area contributed by atoms with Crippen LogP contribution in [-0.2, 0) is 4.79 Å². The Labute approximate surface area is 149 Å². The molecular formula is C22H23NO2. The maximum Gasteiger partial charge on any atom is 0.178 e. The van der Waals surface area contributed by atoms with E-state index >= 15 is 0 Å². The van der Waals surface area contributed by atoms with Gasteiger partial charge in [0.05, 0.1) is 7.11 Å². The molecule has 0 saturated carbocycles. The normalized spacial score (nSPS) is 11.5. The van der Waals surface area contributed by atoms with Gasteiger partial charge in [-0.2, -0.15) is 0 Å². The summed E-state index contributed by atoms with van der Waals surface area (Å²) in [5, 5.41) is 0. The molecule has 0 aliphatic rings. The van der Waals surface area contributed by atoms with E-state index in [1.54, 1.807) is 25.3 Å². The molecule has 0 aliphatic carbocycles. The van der Waals surface area contributed by atoms with E-state index in [0.717, 1.165) is 22.6 Å². The van der Waals surface area contributed by atoms with Crippen molar-refractivity contribution in [2.24, 2.45) is 0 Å². The number of hydrogen-bond acceptors (Lipinski definition) is 3. The fourth-order valence-electron chi connectivity index (χ4n) is 2.15. The van der Waals surface area contributed by atoms with Gasteiger partial charge in [0.2, 0.25) is 0 Å². The van der Waals surface area contributed by atoms with Crippen molar-refractivity contribution >= 4 is 23.6 Å². The molecule has 128 valence electrons. The second-order valence-electron chi connectivity index (χ2n) is 5.71. The first-order valence-electron chi connectivity index (χ1n) is 8.07. The number of hydrogen-bond donors (Lipinski definition) is 0. The number of allylic oxidation sites excluding steroid dienone is 4. The van der Waals surface area contributed by atoms with E-state index in [4.69, 9.17) is 4.74 Å². The van der Waals surface area contributed by atoms with Gasteiger partial charge in [-0.15, -0.1) is 0 Å². The molecule has 0 saturated heterocycles. The lowest BCUT2D eigenvalue weighted by Gasteiger charge is -2.11. The summed E-state index contributed by atoms with van der Waals surface area (Å²) in [6.45, 7) is 0. The molecule has 2 rings (SSSR count). The summed E-state index contributed by atoms with van der Waals surface area (Å²) in [5.74, 6) is 0.780. The Morgan fingerprint density at radius 3 is 2.04 bits per heavy atom. The van der Waals surface area contributed by atoms with Crippen LogP contribution in [0.3, 0.4) is 0 Å². The lowest BCUT2D eigenvalue weighted by molar-refractivity contribution is -0.110. The smallest absolute Gasteiger partial charge is 0.178 e. The molecule has 0 aliphatic heterocycles. The number of carbonyl (C=O) groups is 1. The third-order valence-electron chi connectivity index (χ3n) is 3.63. The predicted molar refractivity (Wildman–Crippen MR) is 106 cm³/mol. The summed E-state index contributed by atoms with van der Waals surface area (Å²) < 4.78 is 5.12. The molecule has 0 fully saturated rings. The number of benzene rings is 2. The summed E-state index contributed by atoms with van der Waals surface area (Å²) in [7, 11) is 5.64. The highest BCUT2D eigenvalue weighted by molar-refractivity contribution is 6.02. The Morgan fingerprint density at radius 2 is 1.44 bits per heavy atom. The maximum atomic E-state index is 11.9. The maximum absolute atomic E-state index is 11.9. The van der Waals surface area contributed by atoms with Crippen LogP contribution in [0.15, 0.2) is 72.8 Å². The van der Waals surface area contributed by atoms with Gasteiger partial charge in [0.15, 0.2) is 5.78 Å². The van der Waals surface area contributed by atoms with E-state index < -0.39 is 0 Å².